The van der Waals surface area contributed by atoms with Gasteiger partial charge in [-0.1, -0.05) is 30.3 Å². The highest BCUT2D eigenvalue weighted by molar-refractivity contribution is 5.93. The van der Waals surface area contributed by atoms with E-state index in [-0.39, 0.29) is 12.2 Å². The molecule has 1 N–H and O–H groups in total. The van der Waals surface area contributed by atoms with Crippen LogP contribution in [0.4, 0.5) is 0 Å². The number of aliphatic hydroxyl groups excluding tert-OH is 1. The Bertz CT molecular complexity index is 1070. The molecule has 0 fully saturated rings. The average Bonchev–Trinajstić information content (AvgIpc) is 3.08. The van der Waals surface area contributed by atoms with Gasteiger partial charge < -0.3 is 9.67 Å². The van der Waals surface area contributed by atoms with Crippen molar-refractivity contribution in [2.24, 2.45) is 0 Å². The van der Waals surface area contributed by atoms with E-state index in [1.165, 1.54) is 6.33 Å². The van der Waals surface area contributed by atoms with Crippen LogP contribution >= 0.6 is 0 Å². The zero-order valence-corrected chi connectivity index (χ0v) is 12.8. The summed E-state index contributed by atoms with van der Waals surface area (Å²) in [6.07, 6.45) is 3.65. The minimum atomic E-state index is -0.148. The molecule has 0 aliphatic rings. The van der Waals surface area contributed by atoms with E-state index < -0.39 is 0 Å². The molecular formula is C17H15N5O2. The van der Waals surface area contributed by atoms with Gasteiger partial charge in [-0.25, -0.2) is 4.98 Å². The van der Waals surface area contributed by atoms with E-state index in [1.54, 1.807) is 21.3 Å². The van der Waals surface area contributed by atoms with E-state index in [9.17, 15) is 4.79 Å². The summed E-state index contributed by atoms with van der Waals surface area (Å²) in [5, 5.41) is 13.8. The van der Waals surface area contributed by atoms with Crippen molar-refractivity contribution in [3.05, 3.63) is 59.3 Å². The van der Waals surface area contributed by atoms with Crippen molar-refractivity contribution in [3.8, 4) is 11.3 Å². The number of benzene rings is 1. The summed E-state index contributed by atoms with van der Waals surface area (Å²) in [4.78, 5) is 21.6. The van der Waals surface area contributed by atoms with Crippen LogP contribution in [0.1, 0.15) is 6.42 Å². The topological polar surface area (TPSA) is 85.3 Å². The van der Waals surface area contributed by atoms with Gasteiger partial charge in [0.25, 0.3) is 11.3 Å². The largest absolute Gasteiger partial charge is 0.396 e. The Morgan fingerprint density at radius 3 is 2.75 bits per heavy atom. The highest BCUT2D eigenvalue weighted by atomic mass is 16.3. The molecule has 0 radical (unpaired) electrons. The Morgan fingerprint density at radius 2 is 1.96 bits per heavy atom. The van der Waals surface area contributed by atoms with E-state index in [0.29, 0.717) is 35.3 Å². The molecular weight excluding hydrogens is 306 g/mol. The van der Waals surface area contributed by atoms with Crippen LogP contribution in [0.15, 0.2) is 53.7 Å². The molecule has 4 aromatic rings. The molecule has 3 heterocycles. The molecule has 0 amide bonds. The molecule has 0 unspecified atom stereocenters. The Balaban J connectivity index is 2.11. The Hall–Kier alpha value is -3.06. The minimum Gasteiger partial charge on any atom is -0.396 e. The number of aryl methyl sites for hydroxylation is 1. The predicted molar refractivity (Wildman–Crippen MR) is 89.7 cm³/mol. The first kappa shape index (κ1) is 14.5. The van der Waals surface area contributed by atoms with E-state index in [0.717, 1.165) is 5.56 Å². The molecule has 3 aromatic heterocycles. The highest BCUT2D eigenvalue weighted by Gasteiger charge is 2.16. The van der Waals surface area contributed by atoms with Gasteiger partial charge >= 0.3 is 0 Å². The summed E-state index contributed by atoms with van der Waals surface area (Å²) in [6.45, 7) is 0.491. The van der Waals surface area contributed by atoms with Crippen molar-refractivity contribution < 1.29 is 5.11 Å². The lowest BCUT2D eigenvalue weighted by molar-refractivity contribution is 0.279. The Labute approximate surface area is 136 Å². The molecule has 0 saturated carbocycles. The zero-order valence-electron chi connectivity index (χ0n) is 12.8. The summed E-state index contributed by atoms with van der Waals surface area (Å²) in [7, 11) is 0. The smallest absolute Gasteiger partial charge is 0.262 e. The number of pyridine rings is 1. The number of fused-ring (bicyclic) bond motifs is 2. The molecule has 0 saturated heterocycles. The van der Waals surface area contributed by atoms with Gasteiger partial charge in [0.1, 0.15) is 6.33 Å². The fraction of sp³-hybridized carbons (Fsp3) is 0.176. The number of aromatic nitrogens is 5. The summed E-state index contributed by atoms with van der Waals surface area (Å²) in [6, 6.07) is 11.4. The van der Waals surface area contributed by atoms with Crippen molar-refractivity contribution in [2.75, 3.05) is 6.61 Å². The molecule has 4 rings (SSSR count). The number of hydrogen-bond donors (Lipinski definition) is 1. The third kappa shape index (κ3) is 2.26. The van der Waals surface area contributed by atoms with Crippen molar-refractivity contribution in [1.29, 1.82) is 0 Å². The first-order valence-electron chi connectivity index (χ1n) is 7.69. The van der Waals surface area contributed by atoms with Crippen LogP contribution in [0.2, 0.25) is 0 Å². The lowest BCUT2D eigenvalue weighted by Gasteiger charge is -2.11. The van der Waals surface area contributed by atoms with Gasteiger partial charge in [-0.2, -0.15) is 14.6 Å². The molecule has 0 atom stereocenters. The first-order valence-corrected chi connectivity index (χ1v) is 7.69. The average molecular weight is 321 g/mol. The number of nitrogens with zero attached hydrogens (tertiary/aromatic N) is 5. The van der Waals surface area contributed by atoms with E-state index >= 15 is 0 Å². The molecule has 7 nitrogen and oxygen atoms in total. The number of rotatable bonds is 4. The molecule has 0 aliphatic carbocycles. The van der Waals surface area contributed by atoms with Gasteiger partial charge in [0, 0.05) is 24.9 Å². The summed E-state index contributed by atoms with van der Waals surface area (Å²) >= 11 is 0. The van der Waals surface area contributed by atoms with E-state index in [1.807, 2.05) is 30.3 Å². The van der Waals surface area contributed by atoms with Gasteiger partial charge in [-0.05, 0) is 12.5 Å². The third-order valence-electron chi connectivity index (χ3n) is 3.95. The van der Waals surface area contributed by atoms with Crippen molar-refractivity contribution in [3.63, 3.8) is 0 Å². The van der Waals surface area contributed by atoms with Crippen LogP contribution in [0.5, 0.6) is 0 Å². The molecule has 0 spiro atoms. The van der Waals surface area contributed by atoms with Crippen LogP contribution < -0.4 is 5.56 Å². The van der Waals surface area contributed by atoms with Gasteiger partial charge in [-0.15, -0.1) is 0 Å². The first-order chi connectivity index (χ1) is 11.8. The van der Waals surface area contributed by atoms with Crippen molar-refractivity contribution in [2.45, 2.75) is 13.0 Å². The van der Waals surface area contributed by atoms with Crippen molar-refractivity contribution >= 4 is 16.7 Å². The monoisotopic (exact) mass is 321 g/mol. The highest BCUT2D eigenvalue weighted by Crippen LogP contribution is 2.25. The van der Waals surface area contributed by atoms with Crippen LogP contribution in [-0.2, 0) is 6.54 Å². The quantitative estimate of drug-likeness (QED) is 0.615. The Kier molecular flexibility index (Phi) is 3.55. The van der Waals surface area contributed by atoms with Gasteiger partial charge in [-0.3, -0.25) is 4.79 Å². The molecule has 120 valence electrons. The van der Waals surface area contributed by atoms with Crippen LogP contribution in [0.3, 0.4) is 0 Å². The fourth-order valence-corrected chi connectivity index (χ4v) is 2.84. The zero-order chi connectivity index (χ0) is 16.5. The molecule has 24 heavy (non-hydrogen) atoms. The second-order valence-electron chi connectivity index (χ2n) is 5.45. The predicted octanol–water partition coefficient (Wildman–Crippen LogP) is 1.49. The second-order valence-corrected chi connectivity index (χ2v) is 5.45. The molecule has 7 heteroatoms. The Morgan fingerprint density at radius 1 is 1.12 bits per heavy atom. The molecule has 1 aromatic carbocycles. The van der Waals surface area contributed by atoms with E-state index in [4.69, 9.17) is 5.11 Å². The van der Waals surface area contributed by atoms with Gasteiger partial charge in [0.2, 0.25) is 0 Å². The maximum atomic E-state index is 13.0. The summed E-state index contributed by atoms with van der Waals surface area (Å²) in [5.74, 6) is 0.453. The van der Waals surface area contributed by atoms with E-state index in [2.05, 4.69) is 15.1 Å². The second kappa shape index (κ2) is 5.86. The normalized spacial score (nSPS) is 11.4. The SMILES string of the molecule is O=c1c2c(-c3ccccc3)n3ncnc3nc2ccn1CCCO. The third-order valence-corrected chi connectivity index (χ3v) is 3.95. The standard InChI is InChI=1S/C17H15N5O2/c23-10-4-8-21-9-7-13-14(16(21)24)15(12-5-2-1-3-6-12)22-17(20-13)18-11-19-22/h1-3,5-7,9,11,23H,4,8,10H2. The van der Waals surface area contributed by atoms with Crippen LogP contribution in [0.25, 0.3) is 27.9 Å². The van der Waals surface area contributed by atoms with Gasteiger partial charge in [0.05, 0.1) is 16.6 Å². The lowest BCUT2D eigenvalue weighted by atomic mass is 10.1. The molecule has 0 aliphatic heterocycles. The maximum absolute atomic E-state index is 13.0. The number of hydrogen-bond acceptors (Lipinski definition) is 5. The molecule has 0 bridgehead atoms. The maximum Gasteiger partial charge on any atom is 0.262 e. The lowest BCUT2D eigenvalue weighted by Crippen LogP contribution is -2.22. The number of aliphatic hydroxyl groups is 1. The minimum absolute atomic E-state index is 0.0381. The van der Waals surface area contributed by atoms with Gasteiger partial charge in [0.15, 0.2) is 0 Å². The van der Waals surface area contributed by atoms with Crippen LogP contribution in [0, 0.1) is 0 Å². The fourth-order valence-electron chi connectivity index (χ4n) is 2.84. The van der Waals surface area contributed by atoms with Crippen LogP contribution in [-0.4, -0.2) is 35.9 Å². The summed E-state index contributed by atoms with van der Waals surface area (Å²) < 4.78 is 3.19. The summed E-state index contributed by atoms with van der Waals surface area (Å²) in [5.41, 5.74) is 1.98. The van der Waals surface area contributed by atoms with Crippen molar-refractivity contribution in [1.82, 2.24) is 24.1 Å².